The average Bonchev–Trinajstić information content (AvgIpc) is 2.03. The van der Waals surface area contributed by atoms with E-state index in [4.69, 9.17) is 10.6 Å². The number of nitrogens with two attached hydrogens (primary N) is 1. The maximum absolute atomic E-state index is 11.2. The third-order valence-electron chi connectivity index (χ3n) is 2.16. The molecule has 1 heterocycles. The van der Waals surface area contributed by atoms with Crippen LogP contribution in [0.1, 0.15) is 6.92 Å². The number of nitrogens with zero attached hydrogens (tertiary/aromatic N) is 1. The van der Waals surface area contributed by atoms with E-state index in [9.17, 15) is 4.79 Å². The van der Waals surface area contributed by atoms with Crippen molar-refractivity contribution in [1.82, 2.24) is 10.3 Å². The van der Waals surface area contributed by atoms with E-state index in [0.29, 0.717) is 6.61 Å². The average molecular weight is 173 g/mol. The number of hydrazine groups is 1. The zero-order valence-corrected chi connectivity index (χ0v) is 7.41. The van der Waals surface area contributed by atoms with E-state index in [-0.39, 0.29) is 18.1 Å². The van der Waals surface area contributed by atoms with Gasteiger partial charge in [-0.1, -0.05) is 0 Å². The summed E-state index contributed by atoms with van der Waals surface area (Å²) in [6.07, 6.45) is -0.0905. The maximum atomic E-state index is 11.2. The molecule has 1 fully saturated rings. The molecule has 12 heavy (non-hydrogen) atoms. The van der Waals surface area contributed by atoms with Gasteiger partial charge in [0.05, 0.1) is 12.7 Å². The van der Waals surface area contributed by atoms with Gasteiger partial charge in [0.25, 0.3) is 5.91 Å². The van der Waals surface area contributed by atoms with Crippen LogP contribution in [0.2, 0.25) is 0 Å². The summed E-state index contributed by atoms with van der Waals surface area (Å²) < 4.78 is 5.33. The van der Waals surface area contributed by atoms with Gasteiger partial charge < -0.3 is 4.74 Å². The Morgan fingerprint density at radius 3 is 2.92 bits per heavy atom. The van der Waals surface area contributed by atoms with Gasteiger partial charge in [-0.3, -0.25) is 15.1 Å². The largest absolute Gasteiger partial charge is 0.375 e. The van der Waals surface area contributed by atoms with E-state index in [1.54, 1.807) is 0 Å². The minimum atomic E-state index is -0.260. The molecule has 5 nitrogen and oxygen atoms in total. The van der Waals surface area contributed by atoms with Crippen molar-refractivity contribution in [3.8, 4) is 0 Å². The molecule has 5 heteroatoms. The lowest BCUT2D eigenvalue weighted by molar-refractivity contribution is -0.137. The maximum Gasteiger partial charge on any atom is 0.253 e. The van der Waals surface area contributed by atoms with Gasteiger partial charge in [0.15, 0.2) is 0 Å². The summed E-state index contributed by atoms with van der Waals surface area (Å²) in [4.78, 5) is 13.2. The normalized spacial score (nSPS) is 31.6. The van der Waals surface area contributed by atoms with Crippen molar-refractivity contribution < 1.29 is 9.53 Å². The van der Waals surface area contributed by atoms with E-state index < -0.39 is 0 Å². The summed E-state index contributed by atoms with van der Waals surface area (Å²) >= 11 is 0. The van der Waals surface area contributed by atoms with Crippen LogP contribution >= 0.6 is 0 Å². The first-order chi connectivity index (χ1) is 5.66. The van der Waals surface area contributed by atoms with Gasteiger partial charge in [-0.25, -0.2) is 5.84 Å². The molecule has 1 rings (SSSR count). The lowest BCUT2D eigenvalue weighted by Gasteiger charge is -2.35. The van der Waals surface area contributed by atoms with Crippen molar-refractivity contribution in [3.05, 3.63) is 0 Å². The standard InChI is InChI=1S/C7H15N3O2/c1-5-6(7(11)9-8)10(2)3-4-12-5/h5-6H,3-4,8H2,1-2H3,(H,9,11). The van der Waals surface area contributed by atoms with Gasteiger partial charge in [0.2, 0.25) is 0 Å². The molecule has 1 aliphatic rings. The van der Waals surface area contributed by atoms with Crippen molar-refractivity contribution in [2.24, 2.45) is 5.84 Å². The van der Waals surface area contributed by atoms with Crippen LogP contribution in [-0.2, 0) is 9.53 Å². The van der Waals surface area contributed by atoms with Gasteiger partial charge in [-0.2, -0.15) is 0 Å². The fourth-order valence-corrected chi connectivity index (χ4v) is 1.47. The summed E-state index contributed by atoms with van der Waals surface area (Å²) in [5.41, 5.74) is 2.13. The first kappa shape index (κ1) is 9.44. The minimum Gasteiger partial charge on any atom is -0.375 e. The smallest absolute Gasteiger partial charge is 0.253 e. The second-order valence-electron chi connectivity index (χ2n) is 3.01. The van der Waals surface area contributed by atoms with E-state index >= 15 is 0 Å². The molecule has 1 aliphatic heterocycles. The summed E-state index contributed by atoms with van der Waals surface area (Å²) in [6, 6.07) is -0.260. The van der Waals surface area contributed by atoms with E-state index in [0.717, 1.165) is 6.54 Å². The highest BCUT2D eigenvalue weighted by Gasteiger charge is 2.32. The number of hydrogen-bond acceptors (Lipinski definition) is 4. The Labute approximate surface area is 71.8 Å². The lowest BCUT2D eigenvalue weighted by atomic mass is 10.1. The molecule has 70 valence electrons. The van der Waals surface area contributed by atoms with Crippen molar-refractivity contribution in [1.29, 1.82) is 0 Å². The third kappa shape index (κ3) is 1.74. The molecule has 0 saturated carbocycles. The molecular weight excluding hydrogens is 158 g/mol. The SMILES string of the molecule is CC1OCCN(C)C1C(=O)NN. The van der Waals surface area contributed by atoms with Gasteiger partial charge in [0.1, 0.15) is 6.04 Å². The Morgan fingerprint density at radius 2 is 2.42 bits per heavy atom. The number of morpholine rings is 1. The van der Waals surface area contributed by atoms with Gasteiger partial charge in [0, 0.05) is 6.54 Å². The molecule has 0 aliphatic carbocycles. The Bertz CT molecular complexity index is 164. The van der Waals surface area contributed by atoms with Crippen LogP contribution in [-0.4, -0.2) is 43.2 Å². The molecule has 3 N–H and O–H groups in total. The fourth-order valence-electron chi connectivity index (χ4n) is 1.47. The zero-order valence-electron chi connectivity index (χ0n) is 7.41. The van der Waals surface area contributed by atoms with Crippen LogP contribution in [0.3, 0.4) is 0 Å². The Balaban J connectivity index is 2.62. The highest BCUT2D eigenvalue weighted by Crippen LogP contribution is 2.11. The van der Waals surface area contributed by atoms with Crippen molar-refractivity contribution in [2.45, 2.75) is 19.1 Å². The summed E-state index contributed by atoms with van der Waals surface area (Å²) in [5, 5.41) is 0. The van der Waals surface area contributed by atoms with Crippen molar-refractivity contribution in [2.75, 3.05) is 20.2 Å². The van der Waals surface area contributed by atoms with Gasteiger partial charge in [-0.05, 0) is 14.0 Å². The van der Waals surface area contributed by atoms with Crippen LogP contribution in [0, 0.1) is 0 Å². The Morgan fingerprint density at radius 1 is 1.75 bits per heavy atom. The number of carbonyl (C=O) groups excluding carboxylic acids is 1. The topological polar surface area (TPSA) is 67.6 Å². The molecule has 0 bridgehead atoms. The Kier molecular flexibility index (Phi) is 3.02. The molecule has 0 radical (unpaired) electrons. The summed E-state index contributed by atoms with van der Waals surface area (Å²) in [5.74, 6) is 4.86. The molecule has 0 aromatic rings. The van der Waals surface area contributed by atoms with Crippen LogP contribution < -0.4 is 11.3 Å². The summed E-state index contributed by atoms with van der Waals surface area (Å²) in [6.45, 7) is 3.31. The highest BCUT2D eigenvalue weighted by atomic mass is 16.5. The van der Waals surface area contributed by atoms with Crippen molar-refractivity contribution in [3.63, 3.8) is 0 Å². The monoisotopic (exact) mass is 173 g/mol. The van der Waals surface area contributed by atoms with E-state index in [1.807, 2.05) is 18.9 Å². The second kappa shape index (κ2) is 3.84. The van der Waals surface area contributed by atoms with E-state index in [1.165, 1.54) is 0 Å². The first-order valence-corrected chi connectivity index (χ1v) is 3.99. The molecule has 1 amide bonds. The number of nitrogens with one attached hydrogen (secondary N) is 1. The number of likely N-dealkylation sites (N-methyl/N-ethyl adjacent to an activating group) is 1. The van der Waals surface area contributed by atoms with E-state index in [2.05, 4.69) is 5.43 Å². The molecule has 1 saturated heterocycles. The minimum absolute atomic E-state index is 0.0905. The van der Waals surface area contributed by atoms with Crippen LogP contribution in [0.25, 0.3) is 0 Å². The molecule has 2 unspecified atom stereocenters. The number of ether oxygens (including phenoxy) is 1. The van der Waals surface area contributed by atoms with Gasteiger partial charge >= 0.3 is 0 Å². The third-order valence-corrected chi connectivity index (χ3v) is 2.16. The number of amides is 1. The molecular formula is C7H15N3O2. The lowest BCUT2D eigenvalue weighted by Crippen LogP contribution is -2.57. The van der Waals surface area contributed by atoms with Gasteiger partial charge in [-0.15, -0.1) is 0 Å². The molecule has 0 aromatic carbocycles. The molecule has 0 spiro atoms. The fraction of sp³-hybridized carbons (Fsp3) is 0.857. The molecule has 0 aromatic heterocycles. The summed E-state index contributed by atoms with van der Waals surface area (Å²) in [7, 11) is 1.89. The number of rotatable bonds is 1. The van der Waals surface area contributed by atoms with Crippen LogP contribution in [0.15, 0.2) is 0 Å². The Hall–Kier alpha value is -0.650. The predicted octanol–water partition coefficient (Wildman–Crippen LogP) is -1.30. The number of carbonyl (C=O) groups is 1. The first-order valence-electron chi connectivity index (χ1n) is 3.99. The highest BCUT2D eigenvalue weighted by molar-refractivity contribution is 5.81. The number of hydrogen-bond donors (Lipinski definition) is 2. The van der Waals surface area contributed by atoms with Crippen LogP contribution in [0.4, 0.5) is 0 Å². The zero-order chi connectivity index (χ0) is 9.14. The predicted molar refractivity (Wildman–Crippen MR) is 44.2 cm³/mol. The van der Waals surface area contributed by atoms with Crippen LogP contribution in [0.5, 0.6) is 0 Å². The quantitative estimate of drug-likeness (QED) is 0.294. The second-order valence-corrected chi connectivity index (χ2v) is 3.01. The van der Waals surface area contributed by atoms with Crippen molar-refractivity contribution >= 4 is 5.91 Å². The molecule has 2 atom stereocenters.